The Kier molecular flexibility index (Phi) is 7.61. The largest absolute Gasteiger partial charge is 0.306 e. The molecule has 6 nitrogen and oxygen atoms in total. The molecule has 8 aromatic carbocycles. The summed E-state index contributed by atoms with van der Waals surface area (Å²) in [7, 11) is 0. The quantitative estimate of drug-likeness (QED) is 0.169. The number of aromatic nitrogens is 6. The number of benzene rings is 8. The van der Waals surface area contributed by atoms with Crippen molar-refractivity contribution in [1.29, 1.82) is 0 Å². The minimum atomic E-state index is 0.551. The van der Waals surface area contributed by atoms with Crippen LogP contribution in [0, 0.1) is 0 Å². The van der Waals surface area contributed by atoms with Crippen molar-refractivity contribution in [3.05, 3.63) is 194 Å². The molecule has 0 radical (unpaired) electrons. The highest BCUT2D eigenvalue weighted by Crippen LogP contribution is 2.44. The van der Waals surface area contributed by atoms with Crippen molar-refractivity contribution >= 4 is 65.2 Å². The Labute approximate surface area is 343 Å². The zero-order valence-electron chi connectivity index (χ0n) is 31.6. The first kappa shape index (κ1) is 33.4. The summed E-state index contributed by atoms with van der Waals surface area (Å²) in [6.45, 7) is 0. The first-order chi connectivity index (χ1) is 29.3. The van der Waals surface area contributed by atoms with Crippen molar-refractivity contribution < 1.29 is 0 Å². The van der Waals surface area contributed by atoms with Gasteiger partial charge in [0.15, 0.2) is 11.6 Å². The van der Waals surface area contributed by atoms with E-state index in [-0.39, 0.29) is 0 Å². The Morgan fingerprint density at radius 2 is 0.898 bits per heavy atom. The van der Waals surface area contributed by atoms with E-state index in [0.717, 1.165) is 87.0 Å². The number of thiazole rings is 1. The lowest BCUT2D eigenvalue weighted by Crippen LogP contribution is -2.07. The molecule has 4 aromatic heterocycles. The zero-order chi connectivity index (χ0) is 38.9. The molecule has 0 amide bonds. The maximum Gasteiger partial charge on any atom is 0.238 e. The van der Waals surface area contributed by atoms with Crippen LogP contribution in [0.2, 0.25) is 0 Å². The highest BCUT2D eigenvalue weighted by molar-refractivity contribution is 7.22. The smallest absolute Gasteiger partial charge is 0.238 e. The van der Waals surface area contributed by atoms with Crippen molar-refractivity contribution in [3.8, 4) is 56.1 Å². The normalized spacial score (nSPS) is 11.7. The molecule has 4 heterocycles. The van der Waals surface area contributed by atoms with Crippen LogP contribution in [-0.4, -0.2) is 29.1 Å². The topological polar surface area (TPSA) is 61.4 Å². The average molecular weight is 773 g/mol. The van der Waals surface area contributed by atoms with Crippen LogP contribution in [0.3, 0.4) is 0 Å². The molecule has 0 fully saturated rings. The summed E-state index contributed by atoms with van der Waals surface area (Å²) in [5.41, 5.74) is 11.4. The molecule has 0 aliphatic carbocycles. The standard InChI is InChI=1S/C52H32N6S/c1-4-17-33(18-5-1)36-23-10-11-26-41(36)50-54-49(34-19-6-2-7-20-34)55-52(56-50)58-44-29-15-13-25-38(44)40-32-31-39-37-24-12-14-28-43(37)57(46(39)47(40)58)45-30-16-27-42-48(45)59-51(53-42)35-21-8-3-9-22-35/h1-32H. The van der Waals surface area contributed by atoms with Crippen LogP contribution in [0.5, 0.6) is 0 Å². The summed E-state index contributed by atoms with van der Waals surface area (Å²) in [4.78, 5) is 21.1. The van der Waals surface area contributed by atoms with Crippen LogP contribution in [-0.2, 0) is 0 Å². The van der Waals surface area contributed by atoms with Crippen LogP contribution < -0.4 is 0 Å². The van der Waals surface area contributed by atoms with Gasteiger partial charge in [-0.1, -0.05) is 170 Å². The van der Waals surface area contributed by atoms with E-state index in [4.69, 9.17) is 19.9 Å². The summed E-state index contributed by atoms with van der Waals surface area (Å²) in [5.74, 6) is 1.76. The molecule has 0 aliphatic rings. The minimum Gasteiger partial charge on any atom is -0.306 e. The fourth-order valence-electron chi connectivity index (χ4n) is 8.62. The number of hydrogen-bond donors (Lipinski definition) is 0. The van der Waals surface area contributed by atoms with E-state index in [9.17, 15) is 0 Å². The predicted octanol–water partition coefficient (Wildman–Crippen LogP) is 13.3. The Morgan fingerprint density at radius 1 is 0.356 bits per heavy atom. The van der Waals surface area contributed by atoms with Gasteiger partial charge in [0, 0.05) is 38.2 Å². The molecule has 0 bridgehead atoms. The van der Waals surface area contributed by atoms with Gasteiger partial charge in [-0.05, 0) is 35.4 Å². The monoisotopic (exact) mass is 772 g/mol. The molecule has 0 N–H and O–H groups in total. The number of rotatable bonds is 6. The van der Waals surface area contributed by atoms with Crippen LogP contribution in [0.25, 0.3) is 110 Å². The second-order valence-electron chi connectivity index (χ2n) is 14.6. The molecule has 59 heavy (non-hydrogen) atoms. The fraction of sp³-hybridized carbons (Fsp3) is 0. The first-order valence-corrected chi connectivity index (χ1v) is 20.5. The summed E-state index contributed by atoms with van der Waals surface area (Å²) in [6, 6.07) is 67.8. The van der Waals surface area contributed by atoms with Gasteiger partial charge in [-0.25, -0.2) is 9.97 Å². The third-order valence-electron chi connectivity index (χ3n) is 11.2. The Hall–Kier alpha value is -7.74. The molecule has 0 saturated heterocycles. The van der Waals surface area contributed by atoms with E-state index in [0.29, 0.717) is 17.6 Å². The fourth-order valence-corrected chi connectivity index (χ4v) is 9.70. The number of hydrogen-bond acceptors (Lipinski definition) is 5. The van der Waals surface area contributed by atoms with Crippen molar-refractivity contribution in [1.82, 2.24) is 29.1 Å². The number of fused-ring (bicyclic) bond motifs is 8. The Bertz CT molecular complexity index is 3550. The van der Waals surface area contributed by atoms with Crippen LogP contribution >= 0.6 is 11.3 Å². The van der Waals surface area contributed by atoms with Gasteiger partial charge < -0.3 is 4.57 Å². The van der Waals surface area contributed by atoms with Gasteiger partial charge >= 0.3 is 0 Å². The molecular formula is C52H32N6S. The van der Waals surface area contributed by atoms with E-state index in [2.05, 4.69) is 173 Å². The summed E-state index contributed by atoms with van der Waals surface area (Å²) in [6.07, 6.45) is 0. The van der Waals surface area contributed by atoms with E-state index in [1.165, 1.54) is 5.39 Å². The average Bonchev–Trinajstić information content (AvgIpc) is 4.01. The van der Waals surface area contributed by atoms with Crippen molar-refractivity contribution in [3.63, 3.8) is 0 Å². The van der Waals surface area contributed by atoms with Gasteiger partial charge in [-0.3, -0.25) is 4.57 Å². The highest BCUT2D eigenvalue weighted by atomic mass is 32.1. The molecule has 12 rings (SSSR count). The van der Waals surface area contributed by atoms with Crippen LogP contribution in [0.4, 0.5) is 0 Å². The second kappa shape index (κ2) is 13.4. The predicted molar refractivity (Wildman–Crippen MR) is 243 cm³/mol. The van der Waals surface area contributed by atoms with Crippen LogP contribution in [0.1, 0.15) is 0 Å². The maximum atomic E-state index is 5.43. The molecule has 12 aromatic rings. The second-order valence-corrected chi connectivity index (χ2v) is 15.6. The number of nitrogens with zero attached hydrogens (tertiary/aromatic N) is 6. The van der Waals surface area contributed by atoms with Gasteiger partial charge in [0.25, 0.3) is 0 Å². The molecule has 0 atom stereocenters. The lowest BCUT2D eigenvalue weighted by atomic mass is 9.99. The zero-order valence-corrected chi connectivity index (χ0v) is 32.4. The lowest BCUT2D eigenvalue weighted by Gasteiger charge is -2.14. The van der Waals surface area contributed by atoms with Gasteiger partial charge in [0.05, 0.1) is 38.0 Å². The number of para-hydroxylation sites is 2. The maximum absolute atomic E-state index is 5.43. The van der Waals surface area contributed by atoms with Gasteiger partial charge in [-0.2, -0.15) is 9.97 Å². The molecule has 0 saturated carbocycles. The van der Waals surface area contributed by atoms with Gasteiger partial charge in [-0.15, -0.1) is 11.3 Å². The van der Waals surface area contributed by atoms with Crippen molar-refractivity contribution in [2.75, 3.05) is 0 Å². The Morgan fingerprint density at radius 3 is 1.59 bits per heavy atom. The third kappa shape index (κ3) is 5.33. The molecule has 0 spiro atoms. The molecule has 276 valence electrons. The SMILES string of the molecule is c1ccc(-c2nc(-c3ccccc3-c3ccccc3)nc(-n3c4ccccc4c4ccc5c6ccccc6n(-c6cccc7nc(-c8ccccc8)sc67)c5c43)n2)cc1. The van der Waals surface area contributed by atoms with Crippen LogP contribution in [0.15, 0.2) is 194 Å². The van der Waals surface area contributed by atoms with Gasteiger partial charge in [0.1, 0.15) is 5.01 Å². The third-order valence-corrected chi connectivity index (χ3v) is 12.4. The molecular weight excluding hydrogens is 741 g/mol. The van der Waals surface area contributed by atoms with E-state index in [1.807, 2.05) is 30.3 Å². The highest BCUT2D eigenvalue weighted by Gasteiger charge is 2.25. The van der Waals surface area contributed by atoms with E-state index in [1.54, 1.807) is 11.3 Å². The van der Waals surface area contributed by atoms with E-state index >= 15 is 0 Å². The summed E-state index contributed by atoms with van der Waals surface area (Å²) < 4.78 is 5.82. The van der Waals surface area contributed by atoms with Crippen molar-refractivity contribution in [2.24, 2.45) is 0 Å². The Balaban J connectivity index is 1.21. The first-order valence-electron chi connectivity index (χ1n) is 19.7. The van der Waals surface area contributed by atoms with Gasteiger partial charge in [0.2, 0.25) is 5.95 Å². The lowest BCUT2D eigenvalue weighted by molar-refractivity contribution is 0.954. The summed E-state index contributed by atoms with van der Waals surface area (Å²) >= 11 is 1.73. The van der Waals surface area contributed by atoms with Crippen molar-refractivity contribution in [2.45, 2.75) is 0 Å². The molecule has 0 unspecified atom stereocenters. The molecule has 0 aliphatic heterocycles. The van der Waals surface area contributed by atoms with E-state index < -0.39 is 0 Å². The summed E-state index contributed by atoms with van der Waals surface area (Å²) in [5, 5.41) is 5.55. The minimum absolute atomic E-state index is 0.551. The molecule has 7 heteroatoms.